The molecule has 0 amide bonds. The summed E-state index contributed by atoms with van der Waals surface area (Å²) in [5.41, 5.74) is 5.44. The zero-order valence-electron chi connectivity index (χ0n) is 13.8. The van der Waals surface area contributed by atoms with Gasteiger partial charge in [0.2, 0.25) is 5.95 Å². The van der Waals surface area contributed by atoms with Gasteiger partial charge in [0.05, 0.1) is 11.4 Å². The Balaban J connectivity index is 1.68. The number of anilines is 1. The summed E-state index contributed by atoms with van der Waals surface area (Å²) in [5.74, 6) is 0.779. The highest BCUT2D eigenvalue weighted by Gasteiger charge is 2.13. The fourth-order valence-corrected chi connectivity index (χ4v) is 2.86. The van der Waals surface area contributed by atoms with E-state index in [4.69, 9.17) is 4.98 Å². The van der Waals surface area contributed by atoms with Crippen molar-refractivity contribution in [1.82, 2.24) is 9.97 Å². The SMILES string of the molecule is c1ccc(CNc2nc(-c3ccccc3)c(-c3ccccc3)[nH]2)cc1. The van der Waals surface area contributed by atoms with Crippen LogP contribution in [0.25, 0.3) is 22.5 Å². The van der Waals surface area contributed by atoms with Crippen molar-refractivity contribution in [2.75, 3.05) is 5.32 Å². The number of benzene rings is 3. The van der Waals surface area contributed by atoms with Crippen molar-refractivity contribution in [2.24, 2.45) is 0 Å². The van der Waals surface area contributed by atoms with Gasteiger partial charge in [-0.1, -0.05) is 91.0 Å². The summed E-state index contributed by atoms with van der Waals surface area (Å²) in [7, 11) is 0. The monoisotopic (exact) mass is 325 g/mol. The van der Waals surface area contributed by atoms with E-state index in [0.717, 1.165) is 35.0 Å². The van der Waals surface area contributed by atoms with Gasteiger partial charge in [-0.05, 0) is 5.56 Å². The van der Waals surface area contributed by atoms with Crippen molar-refractivity contribution >= 4 is 5.95 Å². The predicted octanol–water partition coefficient (Wildman–Crippen LogP) is 5.36. The molecule has 3 nitrogen and oxygen atoms in total. The van der Waals surface area contributed by atoms with Crippen LogP contribution < -0.4 is 5.32 Å². The minimum atomic E-state index is 0.733. The first-order valence-electron chi connectivity index (χ1n) is 8.39. The molecule has 0 unspecified atom stereocenters. The van der Waals surface area contributed by atoms with Crippen LogP contribution in [0.4, 0.5) is 5.95 Å². The van der Waals surface area contributed by atoms with Gasteiger partial charge in [-0.15, -0.1) is 0 Å². The Morgan fingerprint density at radius 2 is 1.24 bits per heavy atom. The molecule has 1 aromatic heterocycles. The third-order valence-electron chi connectivity index (χ3n) is 4.12. The zero-order valence-corrected chi connectivity index (χ0v) is 13.8. The first kappa shape index (κ1) is 15.2. The van der Waals surface area contributed by atoms with Crippen LogP contribution in [0.5, 0.6) is 0 Å². The highest BCUT2D eigenvalue weighted by molar-refractivity contribution is 5.79. The van der Waals surface area contributed by atoms with Crippen LogP contribution >= 0.6 is 0 Å². The van der Waals surface area contributed by atoms with Gasteiger partial charge in [-0.25, -0.2) is 4.98 Å². The van der Waals surface area contributed by atoms with E-state index >= 15 is 0 Å². The average molecular weight is 325 g/mol. The number of aromatic nitrogens is 2. The van der Waals surface area contributed by atoms with Gasteiger partial charge in [0.15, 0.2) is 0 Å². The van der Waals surface area contributed by atoms with E-state index in [1.54, 1.807) is 0 Å². The average Bonchev–Trinajstić information content (AvgIpc) is 3.13. The maximum atomic E-state index is 4.81. The predicted molar refractivity (Wildman–Crippen MR) is 103 cm³/mol. The lowest BCUT2D eigenvalue weighted by atomic mass is 10.1. The van der Waals surface area contributed by atoms with Gasteiger partial charge in [-0.3, -0.25) is 0 Å². The highest BCUT2D eigenvalue weighted by atomic mass is 15.1. The molecular weight excluding hydrogens is 306 g/mol. The molecule has 0 aliphatic rings. The highest BCUT2D eigenvalue weighted by Crippen LogP contribution is 2.31. The van der Waals surface area contributed by atoms with Crippen LogP contribution in [0.1, 0.15) is 5.56 Å². The lowest BCUT2D eigenvalue weighted by Gasteiger charge is -2.02. The number of nitrogens with one attached hydrogen (secondary N) is 2. The Labute approximate surface area is 147 Å². The van der Waals surface area contributed by atoms with Crippen LogP contribution in [0.2, 0.25) is 0 Å². The Morgan fingerprint density at radius 1 is 0.680 bits per heavy atom. The topological polar surface area (TPSA) is 40.7 Å². The molecule has 0 saturated heterocycles. The summed E-state index contributed by atoms with van der Waals surface area (Å²) in [6.45, 7) is 0.733. The second kappa shape index (κ2) is 7.05. The van der Waals surface area contributed by atoms with Crippen LogP contribution in [0.3, 0.4) is 0 Å². The van der Waals surface area contributed by atoms with Crippen molar-refractivity contribution < 1.29 is 0 Å². The molecular formula is C22H19N3. The Kier molecular flexibility index (Phi) is 4.29. The first-order chi connectivity index (χ1) is 12.4. The van der Waals surface area contributed by atoms with E-state index in [-0.39, 0.29) is 0 Å². The van der Waals surface area contributed by atoms with Crippen molar-refractivity contribution in [1.29, 1.82) is 0 Å². The molecule has 0 aliphatic carbocycles. The van der Waals surface area contributed by atoms with E-state index < -0.39 is 0 Å². The van der Waals surface area contributed by atoms with Gasteiger partial charge < -0.3 is 10.3 Å². The summed E-state index contributed by atoms with van der Waals surface area (Å²) in [5, 5.41) is 3.39. The molecule has 0 fully saturated rings. The standard InChI is InChI=1S/C22H19N3/c1-4-10-17(11-5-1)16-23-22-24-20(18-12-6-2-7-13-18)21(25-22)19-14-8-3-9-15-19/h1-15H,16H2,(H2,23,24,25). The minimum Gasteiger partial charge on any atom is -0.352 e. The fourth-order valence-electron chi connectivity index (χ4n) is 2.86. The number of H-pyrrole nitrogens is 1. The molecule has 0 atom stereocenters. The summed E-state index contributed by atoms with van der Waals surface area (Å²) in [4.78, 5) is 8.25. The molecule has 3 heteroatoms. The first-order valence-corrected chi connectivity index (χ1v) is 8.39. The third-order valence-corrected chi connectivity index (χ3v) is 4.12. The normalized spacial score (nSPS) is 10.6. The van der Waals surface area contributed by atoms with E-state index in [9.17, 15) is 0 Å². The minimum absolute atomic E-state index is 0.733. The van der Waals surface area contributed by atoms with Crippen LogP contribution in [-0.2, 0) is 6.54 Å². The maximum Gasteiger partial charge on any atom is 0.201 e. The second-order valence-corrected chi connectivity index (χ2v) is 5.88. The largest absolute Gasteiger partial charge is 0.352 e. The van der Waals surface area contributed by atoms with E-state index in [2.05, 4.69) is 46.7 Å². The summed E-state index contributed by atoms with van der Waals surface area (Å²) in [6.07, 6.45) is 0. The summed E-state index contributed by atoms with van der Waals surface area (Å²) < 4.78 is 0. The molecule has 4 rings (SSSR count). The number of nitrogens with zero attached hydrogens (tertiary/aromatic N) is 1. The Hall–Kier alpha value is -3.33. The molecule has 0 bridgehead atoms. The molecule has 0 radical (unpaired) electrons. The van der Waals surface area contributed by atoms with Crippen molar-refractivity contribution in [3.8, 4) is 22.5 Å². The maximum absolute atomic E-state index is 4.81. The lowest BCUT2D eigenvalue weighted by molar-refractivity contribution is 1.09. The van der Waals surface area contributed by atoms with E-state index in [1.807, 2.05) is 54.6 Å². The zero-order chi connectivity index (χ0) is 16.9. The van der Waals surface area contributed by atoms with Gasteiger partial charge in [0, 0.05) is 17.7 Å². The molecule has 0 aliphatic heterocycles. The van der Waals surface area contributed by atoms with E-state index in [1.165, 1.54) is 5.56 Å². The molecule has 1 heterocycles. The van der Waals surface area contributed by atoms with Gasteiger partial charge in [0.1, 0.15) is 0 Å². The van der Waals surface area contributed by atoms with Gasteiger partial charge >= 0.3 is 0 Å². The smallest absolute Gasteiger partial charge is 0.201 e. The summed E-state index contributed by atoms with van der Waals surface area (Å²) >= 11 is 0. The molecule has 3 aromatic carbocycles. The molecule has 25 heavy (non-hydrogen) atoms. The van der Waals surface area contributed by atoms with E-state index in [0.29, 0.717) is 0 Å². The number of hydrogen-bond acceptors (Lipinski definition) is 2. The molecule has 4 aromatic rings. The molecule has 0 saturated carbocycles. The van der Waals surface area contributed by atoms with Crippen LogP contribution in [0.15, 0.2) is 91.0 Å². The Morgan fingerprint density at radius 3 is 1.88 bits per heavy atom. The van der Waals surface area contributed by atoms with Crippen LogP contribution in [-0.4, -0.2) is 9.97 Å². The molecule has 0 spiro atoms. The second-order valence-electron chi connectivity index (χ2n) is 5.88. The Bertz CT molecular complexity index is 872. The van der Waals surface area contributed by atoms with Gasteiger partial charge in [0.25, 0.3) is 0 Å². The van der Waals surface area contributed by atoms with Gasteiger partial charge in [-0.2, -0.15) is 0 Å². The fraction of sp³-hybridized carbons (Fsp3) is 0.0455. The molecule has 122 valence electrons. The number of rotatable bonds is 5. The number of imidazole rings is 1. The van der Waals surface area contributed by atoms with Crippen molar-refractivity contribution in [3.05, 3.63) is 96.6 Å². The summed E-state index contributed by atoms with van der Waals surface area (Å²) in [6, 6.07) is 30.9. The number of hydrogen-bond donors (Lipinski definition) is 2. The van der Waals surface area contributed by atoms with Crippen molar-refractivity contribution in [3.63, 3.8) is 0 Å². The number of aromatic amines is 1. The quantitative estimate of drug-likeness (QED) is 0.519. The third kappa shape index (κ3) is 3.45. The lowest BCUT2D eigenvalue weighted by Crippen LogP contribution is -2.00. The molecule has 2 N–H and O–H groups in total. The van der Waals surface area contributed by atoms with Crippen molar-refractivity contribution in [2.45, 2.75) is 6.54 Å². The van der Waals surface area contributed by atoms with Crippen LogP contribution in [0, 0.1) is 0 Å².